The summed E-state index contributed by atoms with van der Waals surface area (Å²) in [7, 11) is 0. The van der Waals surface area contributed by atoms with Crippen LogP contribution in [0.4, 0.5) is 0 Å². The van der Waals surface area contributed by atoms with E-state index in [0.29, 0.717) is 36.8 Å². The lowest BCUT2D eigenvalue weighted by molar-refractivity contribution is -0.207. The van der Waals surface area contributed by atoms with Crippen molar-refractivity contribution >= 4 is 6.21 Å². The van der Waals surface area contributed by atoms with Crippen LogP contribution in [0.5, 0.6) is 0 Å². The quantitative estimate of drug-likeness (QED) is 0.357. The fourth-order valence-electron chi connectivity index (χ4n) is 8.10. The predicted octanol–water partition coefficient (Wildman–Crippen LogP) is 4.03. The van der Waals surface area contributed by atoms with Crippen molar-refractivity contribution in [3.05, 3.63) is 11.6 Å². The summed E-state index contributed by atoms with van der Waals surface area (Å²) < 4.78 is 0. The van der Waals surface area contributed by atoms with E-state index in [4.69, 9.17) is 10.6 Å². The van der Waals surface area contributed by atoms with Crippen molar-refractivity contribution < 1.29 is 15.1 Å². The van der Waals surface area contributed by atoms with E-state index in [0.717, 1.165) is 56.9 Å². The average molecular weight is 419 g/mol. The molecule has 0 spiro atoms. The second-order valence-electron chi connectivity index (χ2n) is 11.2. The molecule has 4 saturated carbocycles. The molecule has 0 aliphatic heterocycles. The maximum atomic E-state index is 12.2. The zero-order valence-corrected chi connectivity index (χ0v) is 19.1. The van der Waals surface area contributed by atoms with Gasteiger partial charge in [-0.2, -0.15) is 0 Å². The van der Waals surface area contributed by atoms with Gasteiger partial charge in [0, 0.05) is 12.0 Å². The van der Waals surface area contributed by atoms with Gasteiger partial charge >= 0.3 is 0 Å². The highest BCUT2D eigenvalue weighted by Gasteiger charge is 2.66. The number of nitrogens with zero attached hydrogens (tertiary/aromatic N) is 1. The van der Waals surface area contributed by atoms with Crippen LogP contribution in [0.3, 0.4) is 0 Å². The largest absolute Gasteiger partial charge is 0.394 e. The third-order valence-corrected chi connectivity index (χ3v) is 9.90. The van der Waals surface area contributed by atoms with Crippen LogP contribution in [-0.4, -0.2) is 41.3 Å². The van der Waals surface area contributed by atoms with Gasteiger partial charge in [0.25, 0.3) is 0 Å². The highest BCUT2D eigenvalue weighted by Crippen LogP contribution is 2.69. The first kappa shape index (κ1) is 22.3. The lowest BCUT2D eigenvalue weighted by Gasteiger charge is -2.63. The Labute approximate surface area is 182 Å². The molecule has 4 rings (SSSR count). The molecule has 0 bridgehead atoms. The van der Waals surface area contributed by atoms with E-state index >= 15 is 0 Å². The number of aliphatic hydroxyl groups excluding tert-OH is 1. The van der Waals surface area contributed by atoms with E-state index in [1.165, 1.54) is 6.42 Å². The topological polar surface area (TPSA) is 88.1 Å². The molecule has 5 nitrogen and oxygen atoms in total. The van der Waals surface area contributed by atoms with Crippen molar-refractivity contribution in [2.24, 2.45) is 45.4 Å². The Morgan fingerprint density at radius 1 is 1.10 bits per heavy atom. The summed E-state index contributed by atoms with van der Waals surface area (Å²) in [5.41, 5.74) is 6.18. The number of hydrogen-bond acceptors (Lipinski definition) is 5. The molecule has 30 heavy (non-hydrogen) atoms. The number of rotatable bonds is 5. The molecule has 0 radical (unpaired) electrons. The van der Waals surface area contributed by atoms with Crippen LogP contribution in [0.1, 0.15) is 78.6 Å². The van der Waals surface area contributed by atoms with E-state index in [1.807, 2.05) is 0 Å². The fraction of sp³-hybridized carbons (Fsp3) is 0.880. The predicted molar refractivity (Wildman–Crippen MR) is 120 cm³/mol. The lowest BCUT2D eigenvalue weighted by atomic mass is 9.43. The first-order valence-corrected chi connectivity index (χ1v) is 12.2. The van der Waals surface area contributed by atoms with Crippen molar-refractivity contribution in [1.29, 1.82) is 0 Å². The molecule has 4 fully saturated rings. The first-order chi connectivity index (χ1) is 14.2. The molecule has 0 heterocycles. The fourth-order valence-corrected chi connectivity index (χ4v) is 8.10. The molecule has 4 N–H and O–H groups in total. The molecule has 0 aromatic heterocycles. The summed E-state index contributed by atoms with van der Waals surface area (Å²) in [6.07, 6.45) is 13.5. The minimum Gasteiger partial charge on any atom is -0.394 e. The maximum Gasteiger partial charge on any atom is 0.129 e. The van der Waals surface area contributed by atoms with Gasteiger partial charge in [-0.15, -0.1) is 0 Å². The Kier molecular flexibility index (Phi) is 6.10. The standard InChI is InChI=1S/C25H42N2O3/c1-17(16-27-30-13-12-26)14-19-6-11-25(29)22-5-4-18-15-20(28)7-9-23(18,2)21(22)8-10-24(19,25)3/h14,16,18-22,28-29H,4-13,15,26H2,1-3H3/b17-14+,27-16+/t18-,19-,20-,21+,22-,23+,24-,25+/m1/s1. The number of aliphatic hydroxyl groups is 2. The van der Waals surface area contributed by atoms with Crippen molar-refractivity contribution in [3.8, 4) is 0 Å². The molecule has 0 aromatic rings. The summed E-state index contributed by atoms with van der Waals surface area (Å²) in [5, 5.41) is 26.4. The second-order valence-corrected chi connectivity index (χ2v) is 11.2. The average Bonchev–Trinajstić information content (AvgIpc) is 2.97. The Hall–Kier alpha value is -0.910. The highest BCUT2D eigenvalue weighted by molar-refractivity contribution is 5.77. The van der Waals surface area contributed by atoms with Crippen LogP contribution < -0.4 is 5.73 Å². The van der Waals surface area contributed by atoms with Gasteiger partial charge in [-0.25, -0.2) is 0 Å². The van der Waals surface area contributed by atoms with Gasteiger partial charge in [0.15, 0.2) is 0 Å². The second kappa shape index (κ2) is 8.22. The highest BCUT2D eigenvalue weighted by atomic mass is 16.6. The number of nitrogens with two attached hydrogens (primary N) is 1. The minimum atomic E-state index is -0.575. The van der Waals surface area contributed by atoms with Crippen molar-refractivity contribution in [1.82, 2.24) is 0 Å². The normalized spacial score (nSPS) is 48.9. The van der Waals surface area contributed by atoms with Gasteiger partial charge in [-0.05, 0) is 99.4 Å². The molecule has 5 heteroatoms. The Balaban J connectivity index is 1.54. The Bertz CT molecular complexity index is 694. The molecule has 8 atom stereocenters. The van der Waals surface area contributed by atoms with Crippen LogP contribution >= 0.6 is 0 Å². The molecular formula is C25H42N2O3. The molecular weight excluding hydrogens is 376 g/mol. The maximum absolute atomic E-state index is 12.2. The molecule has 0 saturated heterocycles. The van der Waals surface area contributed by atoms with E-state index in [2.05, 4.69) is 32.0 Å². The van der Waals surface area contributed by atoms with E-state index in [1.54, 1.807) is 6.21 Å². The lowest BCUT2D eigenvalue weighted by Crippen LogP contribution is -2.62. The summed E-state index contributed by atoms with van der Waals surface area (Å²) in [5.74, 6) is 1.99. The van der Waals surface area contributed by atoms with Gasteiger partial charge in [-0.3, -0.25) is 0 Å². The summed E-state index contributed by atoms with van der Waals surface area (Å²) in [6, 6.07) is 0. The third-order valence-electron chi connectivity index (χ3n) is 9.90. The third kappa shape index (κ3) is 3.45. The molecule has 0 aromatic carbocycles. The van der Waals surface area contributed by atoms with E-state index in [-0.39, 0.29) is 16.9 Å². The SMILES string of the molecule is CC(/C=N/OCCN)=C\[C@H]1CC[C@]2(O)[C@@H]3CC[C@@H]4C[C@H](O)CC[C@]4(C)[C@H]3CC[C@]12C. The van der Waals surface area contributed by atoms with Crippen LogP contribution in [0.25, 0.3) is 0 Å². The van der Waals surface area contributed by atoms with Gasteiger partial charge in [0.1, 0.15) is 6.61 Å². The Morgan fingerprint density at radius 3 is 2.67 bits per heavy atom. The van der Waals surface area contributed by atoms with Crippen molar-refractivity contribution in [2.75, 3.05) is 13.2 Å². The Morgan fingerprint density at radius 2 is 1.90 bits per heavy atom. The van der Waals surface area contributed by atoms with Gasteiger partial charge < -0.3 is 20.8 Å². The molecule has 4 aliphatic rings. The van der Waals surface area contributed by atoms with Crippen LogP contribution in [0, 0.1) is 34.5 Å². The van der Waals surface area contributed by atoms with Crippen molar-refractivity contribution in [3.63, 3.8) is 0 Å². The minimum absolute atomic E-state index is 0.0707. The summed E-state index contributed by atoms with van der Waals surface area (Å²) in [4.78, 5) is 5.15. The van der Waals surface area contributed by atoms with Crippen LogP contribution in [-0.2, 0) is 4.84 Å². The number of hydrogen-bond donors (Lipinski definition) is 3. The molecule has 4 aliphatic carbocycles. The first-order valence-electron chi connectivity index (χ1n) is 12.2. The number of oxime groups is 1. The van der Waals surface area contributed by atoms with Crippen molar-refractivity contribution in [2.45, 2.75) is 90.3 Å². The smallest absolute Gasteiger partial charge is 0.129 e. The number of allylic oxidation sites excluding steroid dienone is 2. The van der Waals surface area contributed by atoms with Gasteiger partial charge in [0.05, 0.1) is 17.9 Å². The zero-order chi connectivity index (χ0) is 21.6. The molecule has 0 unspecified atom stereocenters. The van der Waals surface area contributed by atoms with Crippen LogP contribution in [0.2, 0.25) is 0 Å². The monoisotopic (exact) mass is 418 g/mol. The molecule has 170 valence electrons. The summed E-state index contributed by atoms with van der Waals surface area (Å²) in [6.45, 7) is 7.79. The van der Waals surface area contributed by atoms with Crippen LogP contribution in [0.15, 0.2) is 16.8 Å². The molecule has 0 amide bonds. The zero-order valence-electron chi connectivity index (χ0n) is 19.1. The van der Waals surface area contributed by atoms with Gasteiger partial charge in [-0.1, -0.05) is 25.1 Å². The summed E-state index contributed by atoms with van der Waals surface area (Å²) >= 11 is 0. The van der Waals surface area contributed by atoms with E-state index < -0.39 is 5.60 Å². The number of fused-ring (bicyclic) bond motifs is 5. The van der Waals surface area contributed by atoms with Gasteiger partial charge in [0.2, 0.25) is 0 Å². The van der Waals surface area contributed by atoms with E-state index in [9.17, 15) is 10.2 Å².